The average molecular weight is 220 g/mol. The maximum Gasteiger partial charge on any atom is 0.319 e. The smallest absolute Gasteiger partial charge is 0.319 e. The Morgan fingerprint density at radius 2 is 2.21 bits per heavy atom. The van der Waals surface area contributed by atoms with Gasteiger partial charge >= 0.3 is 5.97 Å². The van der Waals surface area contributed by atoms with Crippen molar-refractivity contribution in [1.82, 2.24) is 15.0 Å². The number of carboxylic acid groups (broad SMARTS) is 1. The van der Waals surface area contributed by atoms with Gasteiger partial charge in [-0.05, 0) is 0 Å². The Morgan fingerprint density at radius 3 is 2.57 bits per heavy atom. The number of aryl methyl sites for hydroxylation is 1. The third kappa shape index (κ3) is 1.82. The van der Waals surface area contributed by atoms with E-state index in [1.54, 1.807) is 0 Å². The van der Waals surface area contributed by atoms with Crippen LogP contribution in [0.1, 0.15) is 0 Å². The maximum atomic E-state index is 11.3. The molecular weight excluding hydrogens is 212 g/mol. The molecule has 0 spiro atoms. The monoisotopic (exact) mass is 220 g/mol. The van der Waals surface area contributed by atoms with Crippen molar-refractivity contribution in [1.29, 1.82) is 0 Å². The number of hydrogen-bond donors (Lipinski definition) is 2. The summed E-state index contributed by atoms with van der Waals surface area (Å²) in [4.78, 5) is 10.2. The van der Waals surface area contributed by atoms with Gasteiger partial charge in [-0.25, -0.2) is 13.1 Å². The Morgan fingerprint density at radius 1 is 1.64 bits per heavy atom. The van der Waals surface area contributed by atoms with Crippen molar-refractivity contribution in [2.24, 2.45) is 7.05 Å². The Labute approximate surface area is 79.2 Å². The second-order valence-corrected chi connectivity index (χ2v) is 4.46. The van der Waals surface area contributed by atoms with Crippen molar-refractivity contribution >= 4 is 21.6 Å². The van der Waals surface area contributed by atoms with Crippen molar-refractivity contribution in [2.75, 3.05) is 11.5 Å². The van der Waals surface area contributed by atoms with Gasteiger partial charge in [-0.2, -0.15) is 0 Å². The lowest BCUT2D eigenvalue weighted by Gasteiger charge is -1.97. The molecule has 78 valence electrons. The number of aromatic nitrogens is 3. The number of nitrogen functional groups attached to an aromatic ring is 1. The summed E-state index contributed by atoms with van der Waals surface area (Å²) >= 11 is 0. The van der Waals surface area contributed by atoms with E-state index in [-0.39, 0.29) is 5.82 Å². The number of hydrogen-bond acceptors (Lipinski definition) is 6. The molecule has 1 aromatic heterocycles. The van der Waals surface area contributed by atoms with E-state index in [2.05, 4.69) is 10.3 Å². The molecule has 0 aromatic carbocycles. The molecule has 0 unspecified atom stereocenters. The van der Waals surface area contributed by atoms with Crippen LogP contribution in [-0.4, -0.2) is 40.2 Å². The molecule has 1 heterocycles. The van der Waals surface area contributed by atoms with E-state index in [0.717, 1.165) is 4.68 Å². The summed E-state index contributed by atoms with van der Waals surface area (Å²) in [5.41, 5.74) is 5.33. The van der Waals surface area contributed by atoms with Crippen LogP contribution in [0.15, 0.2) is 5.03 Å². The van der Waals surface area contributed by atoms with E-state index >= 15 is 0 Å². The predicted molar refractivity (Wildman–Crippen MR) is 45.1 cm³/mol. The Hall–Kier alpha value is -1.64. The van der Waals surface area contributed by atoms with Crippen LogP contribution in [0.25, 0.3) is 0 Å². The zero-order chi connectivity index (χ0) is 10.9. The summed E-state index contributed by atoms with van der Waals surface area (Å²) in [6.45, 7) is 0. The lowest BCUT2D eigenvalue weighted by Crippen LogP contribution is -2.17. The van der Waals surface area contributed by atoms with E-state index in [1.165, 1.54) is 7.05 Å². The van der Waals surface area contributed by atoms with Gasteiger partial charge in [0.2, 0.25) is 14.9 Å². The van der Waals surface area contributed by atoms with Crippen LogP contribution in [0, 0.1) is 0 Å². The van der Waals surface area contributed by atoms with E-state index in [9.17, 15) is 13.2 Å². The molecule has 0 atom stereocenters. The van der Waals surface area contributed by atoms with E-state index in [0.29, 0.717) is 0 Å². The molecule has 0 saturated carbocycles. The minimum Gasteiger partial charge on any atom is -0.480 e. The highest BCUT2D eigenvalue weighted by Crippen LogP contribution is 2.14. The fraction of sp³-hybridized carbons (Fsp3) is 0.400. The summed E-state index contributed by atoms with van der Waals surface area (Å²) in [6, 6.07) is 0. The molecule has 3 N–H and O–H groups in total. The summed E-state index contributed by atoms with van der Waals surface area (Å²) < 4.78 is 23.7. The van der Waals surface area contributed by atoms with Gasteiger partial charge in [-0.1, -0.05) is 5.21 Å². The molecule has 1 aromatic rings. The molecule has 0 aliphatic rings. The third-order valence-electron chi connectivity index (χ3n) is 1.45. The minimum absolute atomic E-state index is 0.175. The molecule has 0 aliphatic carbocycles. The number of rotatable bonds is 3. The number of aliphatic carboxylic acids is 1. The van der Waals surface area contributed by atoms with Gasteiger partial charge in [0.05, 0.1) is 0 Å². The topological polar surface area (TPSA) is 128 Å². The van der Waals surface area contributed by atoms with E-state index in [4.69, 9.17) is 10.8 Å². The van der Waals surface area contributed by atoms with Crippen LogP contribution in [0.5, 0.6) is 0 Å². The number of sulfone groups is 1. The Balaban J connectivity index is 3.17. The second kappa shape index (κ2) is 3.25. The quantitative estimate of drug-likeness (QED) is 0.618. The highest BCUT2D eigenvalue weighted by atomic mass is 32.2. The first-order valence-electron chi connectivity index (χ1n) is 3.44. The number of carbonyl (C=O) groups is 1. The molecule has 0 aliphatic heterocycles. The lowest BCUT2D eigenvalue weighted by atomic mass is 10.8. The highest BCUT2D eigenvalue weighted by Gasteiger charge is 2.25. The van der Waals surface area contributed by atoms with Crippen molar-refractivity contribution in [3.8, 4) is 0 Å². The Kier molecular flexibility index (Phi) is 2.43. The molecule has 1 rings (SSSR count). The fourth-order valence-electron chi connectivity index (χ4n) is 0.798. The van der Waals surface area contributed by atoms with Gasteiger partial charge in [0.25, 0.3) is 0 Å². The van der Waals surface area contributed by atoms with Crippen molar-refractivity contribution in [3.63, 3.8) is 0 Å². The van der Waals surface area contributed by atoms with Gasteiger partial charge in [-0.3, -0.25) is 4.79 Å². The first-order chi connectivity index (χ1) is 6.34. The van der Waals surface area contributed by atoms with Crippen LogP contribution >= 0.6 is 0 Å². The van der Waals surface area contributed by atoms with Crippen LogP contribution in [0.3, 0.4) is 0 Å². The van der Waals surface area contributed by atoms with E-state index < -0.39 is 26.6 Å². The molecule has 0 amide bonds. The van der Waals surface area contributed by atoms with Gasteiger partial charge in [0, 0.05) is 7.05 Å². The van der Waals surface area contributed by atoms with Gasteiger partial charge in [0.15, 0.2) is 11.6 Å². The van der Waals surface area contributed by atoms with Crippen molar-refractivity contribution < 1.29 is 18.3 Å². The van der Waals surface area contributed by atoms with Crippen LogP contribution < -0.4 is 5.73 Å². The van der Waals surface area contributed by atoms with Crippen molar-refractivity contribution in [2.45, 2.75) is 5.03 Å². The molecule has 0 fully saturated rings. The molecule has 0 bridgehead atoms. The number of anilines is 1. The molecule has 14 heavy (non-hydrogen) atoms. The highest BCUT2D eigenvalue weighted by molar-refractivity contribution is 7.92. The summed E-state index contributed by atoms with van der Waals surface area (Å²) in [6.07, 6.45) is 0. The maximum absolute atomic E-state index is 11.3. The first-order valence-corrected chi connectivity index (χ1v) is 5.09. The zero-order valence-corrected chi connectivity index (χ0v) is 8.02. The second-order valence-electron chi connectivity index (χ2n) is 2.56. The minimum atomic E-state index is -3.99. The summed E-state index contributed by atoms with van der Waals surface area (Å²) in [7, 11) is -2.58. The largest absolute Gasteiger partial charge is 0.480 e. The standard InChI is InChI=1S/C5H8N4O4S/c1-9-4(6)5(7-8-9)14(12,13)2-3(10)11/h2,6H2,1H3,(H,10,11). The number of nitrogens with two attached hydrogens (primary N) is 1. The first kappa shape index (κ1) is 10.4. The molecule has 8 nitrogen and oxygen atoms in total. The van der Waals surface area contributed by atoms with Crippen molar-refractivity contribution in [3.05, 3.63) is 0 Å². The van der Waals surface area contributed by atoms with Gasteiger partial charge in [0.1, 0.15) is 0 Å². The van der Waals surface area contributed by atoms with Gasteiger partial charge < -0.3 is 10.8 Å². The molecular formula is C5H8N4O4S. The zero-order valence-electron chi connectivity index (χ0n) is 7.21. The van der Waals surface area contributed by atoms with Gasteiger partial charge in [-0.15, -0.1) is 5.10 Å². The van der Waals surface area contributed by atoms with Crippen LogP contribution in [0.2, 0.25) is 0 Å². The van der Waals surface area contributed by atoms with E-state index in [1.807, 2.05) is 0 Å². The van der Waals surface area contributed by atoms with Crippen LogP contribution in [0.4, 0.5) is 5.82 Å². The molecule has 9 heteroatoms. The summed E-state index contributed by atoms with van der Waals surface area (Å²) in [5, 5.41) is 14.5. The summed E-state index contributed by atoms with van der Waals surface area (Å²) in [5.74, 6) is -2.68. The average Bonchev–Trinajstić information content (AvgIpc) is 2.30. The predicted octanol–water partition coefficient (Wildman–Crippen LogP) is -1.74. The normalized spacial score (nSPS) is 11.5. The number of nitrogens with zero attached hydrogens (tertiary/aromatic N) is 3. The lowest BCUT2D eigenvalue weighted by molar-refractivity contribution is -0.134. The molecule has 0 saturated heterocycles. The van der Waals surface area contributed by atoms with Crippen LogP contribution in [-0.2, 0) is 21.7 Å². The SMILES string of the molecule is Cn1nnc(S(=O)(=O)CC(=O)O)c1N. The Bertz CT molecular complexity index is 462. The fourth-order valence-corrected chi connectivity index (χ4v) is 1.87. The third-order valence-corrected chi connectivity index (χ3v) is 2.95. The number of carboxylic acids is 1. The molecule has 0 radical (unpaired) electrons.